The van der Waals surface area contributed by atoms with E-state index < -0.39 is 0 Å². The number of nitrogens with zero attached hydrogens (tertiary/aromatic N) is 2. The molecule has 3 aromatic carbocycles. The van der Waals surface area contributed by atoms with E-state index >= 15 is 0 Å². The van der Waals surface area contributed by atoms with E-state index in [2.05, 4.69) is 58.8 Å². The summed E-state index contributed by atoms with van der Waals surface area (Å²) in [4.78, 5) is 29.4. The minimum atomic E-state index is -0.265. The van der Waals surface area contributed by atoms with Crippen LogP contribution in [0.25, 0.3) is 11.0 Å². The van der Waals surface area contributed by atoms with Crippen molar-refractivity contribution in [2.75, 3.05) is 6.54 Å². The molecule has 1 N–H and O–H groups in total. The van der Waals surface area contributed by atoms with E-state index in [9.17, 15) is 9.59 Å². The topological polar surface area (TPSA) is 64.0 Å². The van der Waals surface area contributed by atoms with Crippen LogP contribution in [0.1, 0.15) is 40.5 Å². The molecule has 0 radical (unpaired) electrons. The molecule has 0 spiro atoms. The average Bonchev–Trinajstić information content (AvgIpc) is 2.84. The van der Waals surface area contributed by atoms with Crippen LogP contribution >= 0.6 is 0 Å². The Bertz CT molecular complexity index is 1360. The van der Waals surface area contributed by atoms with Gasteiger partial charge in [-0.05, 0) is 46.7 Å². The number of carbonyl (C=O) groups excluding carboxylic acids is 1. The minimum absolute atomic E-state index is 0.00411. The molecule has 3 aliphatic carbocycles. The molecule has 0 saturated heterocycles. The fourth-order valence-electron chi connectivity index (χ4n) is 5.68. The lowest BCUT2D eigenvalue weighted by atomic mass is 9.59. The molecule has 1 atom stereocenters. The zero-order chi connectivity index (χ0) is 21.7. The Morgan fingerprint density at radius 3 is 2.25 bits per heavy atom. The maximum atomic E-state index is 12.9. The van der Waals surface area contributed by atoms with Gasteiger partial charge >= 0.3 is 0 Å². The van der Waals surface area contributed by atoms with Gasteiger partial charge in [0.05, 0.1) is 17.2 Å². The molecule has 0 aliphatic heterocycles. The van der Waals surface area contributed by atoms with Crippen molar-refractivity contribution in [1.29, 1.82) is 0 Å². The zero-order valence-corrected chi connectivity index (χ0v) is 17.6. The molecule has 4 aromatic rings. The van der Waals surface area contributed by atoms with E-state index in [-0.39, 0.29) is 23.9 Å². The lowest BCUT2D eigenvalue weighted by Gasteiger charge is -2.45. The number of fused-ring (bicyclic) bond motifs is 2. The van der Waals surface area contributed by atoms with Crippen molar-refractivity contribution in [3.05, 3.63) is 112 Å². The Kier molecular flexibility index (Phi) is 4.42. The van der Waals surface area contributed by atoms with Crippen LogP contribution in [0.2, 0.25) is 0 Å². The summed E-state index contributed by atoms with van der Waals surface area (Å²) in [6, 6.07) is 24.8. The predicted molar refractivity (Wildman–Crippen MR) is 124 cm³/mol. The van der Waals surface area contributed by atoms with Gasteiger partial charge in [0.25, 0.3) is 5.56 Å². The Labute approximate surface area is 185 Å². The van der Waals surface area contributed by atoms with E-state index in [1.165, 1.54) is 33.0 Å². The van der Waals surface area contributed by atoms with Crippen molar-refractivity contribution in [2.24, 2.45) is 5.92 Å². The molecule has 3 aliphatic rings. The smallest absolute Gasteiger partial charge is 0.269 e. The molecule has 32 heavy (non-hydrogen) atoms. The molecule has 1 aromatic heterocycles. The van der Waals surface area contributed by atoms with Crippen LogP contribution in [0.15, 0.2) is 83.8 Å². The molecule has 1 heterocycles. The second-order valence-electron chi connectivity index (χ2n) is 8.76. The zero-order valence-electron chi connectivity index (χ0n) is 17.6. The van der Waals surface area contributed by atoms with Crippen LogP contribution in [-0.4, -0.2) is 22.0 Å². The van der Waals surface area contributed by atoms with Crippen LogP contribution in [-0.2, 0) is 11.3 Å². The van der Waals surface area contributed by atoms with E-state index in [1.54, 1.807) is 0 Å². The second kappa shape index (κ2) is 7.45. The van der Waals surface area contributed by atoms with Crippen LogP contribution < -0.4 is 10.9 Å². The van der Waals surface area contributed by atoms with Crippen molar-refractivity contribution >= 4 is 16.9 Å². The van der Waals surface area contributed by atoms with Crippen molar-refractivity contribution in [2.45, 2.75) is 24.8 Å². The van der Waals surface area contributed by atoms with Crippen LogP contribution in [0.5, 0.6) is 0 Å². The molecule has 158 valence electrons. The van der Waals surface area contributed by atoms with Crippen molar-refractivity contribution in [1.82, 2.24) is 14.9 Å². The summed E-state index contributed by atoms with van der Waals surface area (Å²) in [5, 5.41) is 3.12. The normalized spacial score (nSPS) is 20.6. The summed E-state index contributed by atoms with van der Waals surface area (Å²) >= 11 is 0. The standard InChI is InChI=1S/C27H23N3O2/c31-25(16-30-24-12-6-5-11-23(24)28-15-26(30)32)29-14-17-13-22-18-7-1-3-9-20(18)27(17)21-10-4-2-8-19(21)22/h1-12,15,17,22,27H,13-14,16H2,(H,29,31)/t17-,22?,27?/m1/s1. The Morgan fingerprint density at radius 1 is 0.906 bits per heavy atom. The number of carbonyl (C=O) groups is 1. The van der Waals surface area contributed by atoms with Crippen LogP contribution in [0, 0.1) is 5.92 Å². The molecule has 7 rings (SSSR count). The lowest BCUT2D eigenvalue weighted by molar-refractivity contribution is -0.121. The average molecular weight is 422 g/mol. The first kappa shape index (κ1) is 19.0. The van der Waals surface area contributed by atoms with Gasteiger partial charge in [0, 0.05) is 18.4 Å². The summed E-state index contributed by atoms with van der Waals surface area (Å²) in [6.07, 6.45) is 2.31. The van der Waals surface area contributed by atoms with Crippen LogP contribution in [0.4, 0.5) is 0 Å². The second-order valence-corrected chi connectivity index (χ2v) is 8.76. The van der Waals surface area contributed by atoms with Gasteiger partial charge in [-0.3, -0.25) is 14.2 Å². The van der Waals surface area contributed by atoms with Gasteiger partial charge in [0.2, 0.25) is 5.91 Å². The lowest BCUT2D eigenvalue weighted by Crippen LogP contribution is -2.41. The largest absolute Gasteiger partial charge is 0.354 e. The van der Waals surface area contributed by atoms with Crippen molar-refractivity contribution in [3.8, 4) is 0 Å². The van der Waals surface area contributed by atoms with Gasteiger partial charge < -0.3 is 5.32 Å². The first-order chi connectivity index (χ1) is 15.7. The summed E-state index contributed by atoms with van der Waals surface area (Å²) in [6.45, 7) is 0.594. The number of hydrogen-bond acceptors (Lipinski definition) is 3. The van der Waals surface area contributed by atoms with Gasteiger partial charge in [0.15, 0.2) is 0 Å². The fraction of sp³-hybridized carbons (Fsp3) is 0.222. The van der Waals surface area contributed by atoms with E-state index in [4.69, 9.17) is 0 Å². The Balaban J connectivity index is 1.25. The summed E-state index contributed by atoms with van der Waals surface area (Å²) < 4.78 is 1.50. The SMILES string of the molecule is O=C(Cn1c(=O)cnc2ccccc21)NC[C@H]1CC2c3ccccc3C1c1ccccc12. The third-order valence-electron chi connectivity index (χ3n) is 7.04. The highest BCUT2D eigenvalue weighted by Gasteiger charge is 2.42. The third kappa shape index (κ3) is 2.96. The molecule has 5 heteroatoms. The highest BCUT2D eigenvalue weighted by molar-refractivity contribution is 5.80. The third-order valence-corrected chi connectivity index (χ3v) is 7.04. The highest BCUT2D eigenvalue weighted by Crippen LogP contribution is 2.55. The maximum absolute atomic E-state index is 12.9. The number of rotatable bonds is 4. The molecular weight excluding hydrogens is 398 g/mol. The molecule has 0 unspecified atom stereocenters. The van der Waals surface area contributed by atoms with Gasteiger partial charge in [-0.2, -0.15) is 0 Å². The molecule has 0 saturated carbocycles. The predicted octanol–water partition coefficient (Wildman–Crippen LogP) is 3.81. The number of benzene rings is 3. The Hall–Kier alpha value is -3.73. The molecule has 5 nitrogen and oxygen atoms in total. The van der Waals surface area contributed by atoms with Gasteiger partial charge in [-0.25, -0.2) is 4.98 Å². The van der Waals surface area contributed by atoms with E-state index in [0.717, 1.165) is 6.42 Å². The van der Waals surface area contributed by atoms with E-state index in [0.29, 0.717) is 29.4 Å². The van der Waals surface area contributed by atoms with Gasteiger partial charge in [0.1, 0.15) is 6.54 Å². The highest BCUT2D eigenvalue weighted by atomic mass is 16.2. The summed E-state index contributed by atoms with van der Waals surface area (Å²) in [5.74, 6) is 0.851. The molecule has 0 fully saturated rings. The van der Waals surface area contributed by atoms with Crippen molar-refractivity contribution < 1.29 is 4.79 Å². The molecule has 1 amide bonds. The monoisotopic (exact) mass is 421 g/mol. The number of amides is 1. The number of nitrogens with one attached hydrogen (secondary N) is 1. The minimum Gasteiger partial charge on any atom is -0.354 e. The van der Waals surface area contributed by atoms with Crippen molar-refractivity contribution in [3.63, 3.8) is 0 Å². The van der Waals surface area contributed by atoms with E-state index in [1.807, 2.05) is 24.3 Å². The molecule has 2 bridgehead atoms. The maximum Gasteiger partial charge on any atom is 0.269 e. The van der Waals surface area contributed by atoms with Gasteiger partial charge in [-0.1, -0.05) is 60.7 Å². The fourth-order valence-corrected chi connectivity index (χ4v) is 5.68. The number of hydrogen-bond donors (Lipinski definition) is 1. The summed E-state index contributed by atoms with van der Waals surface area (Å²) in [5.41, 5.74) is 6.74. The molecular formula is C27H23N3O2. The van der Waals surface area contributed by atoms with Gasteiger partial charge in [-0.15, -0.1) is 0 Å². The summed E-state index contributed by atoms with van der Waals surface area (Å²) in [7, 11) is 0. The first-order valence-corrected chi connectivity index (χ1v) is 11.1. The first-order valence-electron chi connectivity index (χ1n) is 11.1. The quantitative estimate of drug-likeness (QED) is 0.545. The van der Waals surface area contributed by atoms with Crippen LogP contribution in [0.3, 0.4) is 0 Å². The number of para-hydroxylation sites is 2. The number of aromatic nitrogens is 2. The Morgan fingerprint density at radius 2 is 1.53 bits per heavy atom.